The second-order valence-corrected chi connectivity index (χ2v) is 8.32. The molecule has 1 atom stereocenters. The second-order valence-electron chi connectivity index (χ2n) is 6.20. The lowest BCUT2D eigenvalue weighted by Crippen LogP contribution is -2.45. The molecule has 1 aromatic carbocycles. The zero-order chi connectivity index (χ0) is 13.3. The first-order valence-electron chi connectivity index (χ1n) is 7.27. The van der Waals surface area contributed by atoms with Gasteiger partial charge in [-0.3, -0.25) is 0 Å². The number of halogens is 1. The van der Waals surface area contributed by atoms with Gasteiger partial charge in [0.15, 0.2) is 0 Å². The molecule has 1 N–H and O–H groups in total. The van der Waals surface area contributed by atoms with Gasteiger partial charge in [0.2, 0.25) is 0 Å². The average Bonchev–Trinajstić information content (AvgIpc) is 2.74. The van der Waals surface area contributed by atoms with Crippen molar-refractivity contribution < 1.29 is 0 Å². The van der Waals surface area contributed by atoms with E-state index in [1.807, 2.05) is 6.07 Å². The summed E-state index contributed by atoms with van der Waals surface area (Å²) in [6.07, 6.45) is 5.29. The SMILES string of the molecule is CC1(CNC2CC(c3cccc(Cl)c3)C2)CCCS1. The molecule has 1 unspecified atom stereocenters. The van der Waals surface area contributed by atoms with E-state index < -0.39 is 0 Å². The van der Waals surface area contributed by atoms with Gasteiger partial charge in [0, 0.05) is 22.4 Å². The van der Waals surface area contributed by atoms with Crippen LogP contribution in [-0.4, -0.2) is 23.1 Å². The lowest BCUT2D eigenvalue weighted by Gasteiger charge is -2.38. The topological polar surface area (TPSA) is 12.0 Å². The highest BCUT2D eigenvalue weighted by atomic mass is 35.5. The first-order chi connectivity index (χ1) is 9.15. The van der Waals surface area contributed by atoms with E-state index in [2.05, 4.69) is 42.2 Å². The first kappa shape index (κ1) is 13.8. The highest BCUT2D eigenvalue weighted by Gasteiger charge is 2.34. The maximum Gasteiger partial charge on any atom is 0.0408 e. The Kier molecular flexibility index (Phi) is 4.11. The molecule has 2 aliphatic rings. The van der Waals surface area contributed by atoms with Crippen molar-refractivity contribution in [3.05, 3.63) is 34.9 Å². The van der Waals surface area contributed by atoms with Gasteiger partial charge in [-0.25, -0.2) is 0 Å². The van der Waals surface area contributed by atoms with Crippen LogP contribution in [0, 0.1) is 0 Å². The van der Waals surface area contributed by atoms with E-state index in [4.69, 9.17) is 11.6 Å². The summed E-state index contributed by atoms with van der Waals surface area (Å²) in [7, 11) is 0. The third-order valence-corrected chi connectivity index (χ3v) is 6.30. The number of rotatable bonds is 4. The summed E-state index contributed by atoms with van der Waals surface area (Å²) in [5, 5.41) is 4.63. The highest BCUT2D eigenvalue weighted by Crippen LogP contribution is 2.40. The molecule has 1 saturated carbocycles. The Morgan fingerprint density at radius 1 is 1.42 bits per heavy atom. The molecule has 1 aliphatic carbocycles. The third-order valence-electron chi connectivity index (χ3n) is 4.52. The fourth-order valence-electron chi connectivity index (χ4n) is 3.15. The van der Waals surface area contributed by atoms with Crippen LogP contribution in [0.5, 0.6) is 0 Å². The average molecular weight is 296 g/mol. The lowest BCUT2D eigenvalue weighted by atomic mass is 9.76. The predicted octanol–water partition coefficient (Wildman–Crippen LogP) is 4.46. The van der Waals surface area contributed by atoms with Gasteiger partial charge >= 0.3 is 0 Å². The van der Waals surface area contributed by atoms with Crippen molar-refractivity contribution in [2.45, 2.75) is 49.3 Å². The van der Waals surface area contributed by atoms with Crippen LogP contribution < -0.4 is 5.32 Å². The van der Waals surface area contributed by atoms with Crippen LogP contribution in [0.1, 0.15) is 44.1 Å². The molecule has 0 bridgehead atoms. The van der Waals surface area contributed by atoms with E-state index >= 15 is 0 Å². The van der Waals surface area contributed by atoms with Gasteiger partial charge in [-0.1, -0.05) is 23.7 Å². The lowest BCUT2D eigenvalue weighted by molar-refractivity contribution is 0.283. The Labute approximate surface area is 125 Å². The van der Waals surface area contributed by atoms with E-state index in [9.17, 15) is 0 Å². The number of benzene rings is 1. The van der Waals surface area contributed by atoms with Crippen LogP contribution >= 0.6 is 23.4 Å². The van der Waals surface area contributed by atoms with E-state index in [0.717, 1.165) is 5.02 Å². The fourth-order valence-corrected chi connectivity index (χ4v) is 4.61. The van der Waals surface area contributed by atoms with Crippen molar-refractivity contribution in [2.75, 3.05) is 12.3 Å². The van der Waals surface area contributed by atoms with Crippen molar-refractivity contribution >= 4 is 23.4 Å². The molecule has 1 aromatic rings. The summed E-state index contributed by atoms with van der Waals surface area (Å²) in [6, 6.07) is 9.06. The van der Waals surface area contributed by atoms with Gasteiger partial charge in [-0.2, -0.15) is 11.8 Å². The van der Waals surface area contributed by atoms with E-state index in [0.29, 0.717) is 16.7 Å². The summed E-state index contributed by atoms with van der Waals surface area (Å²) < 4.78 is 0.487. The zero-order valence-electron chi connectivity index (χ0n) is 11.5. The molecule has 3 heteroatoms. The van der Waals surface area contributed by atoms with E-state index in [-0.39, 0.29) is 0 Å². The Morgan fingerprint density at radius 2 is 2.26 bits per heavy atom. The molecule has 1 nitrogen and oxygen atoms in total. The summed E-state index contributed by atoms with van der Waals surface area (Å²) in [6.45, 7) is 3.58. The summed E-state index contributed by atoms with van der Waals surface area (Å²) >= 11 is 8.19. The molecule has 1 aliphatic heterocycles. The van der Waals surface area contributed by atoms with Crippen molar-refractivity contribution in [1.82, 2.24) is 5.32 Å². The molecule has 1 saturated heterocycles. The van der Waals surface area contributed by atoms with Gasteiger partial charge in [0.25, 0.3) is 0 Å². The normalized spacial score (nSPS) is 34.2. The molecule has 2 fully saturated rings. The predicted molar refractivity (Wildman–Crippen MR) is 85.3 cm³/mol. The van der Waals surface area contributed by atoms with E-state index in [1.54, 1.807) is 0 Å². The molecule has 0 aromatic heterocycles. The Hall–Kier alpha value is -0.180. The van der Waals surface area contributed by atoms with Crippen LogP contribution in [0.25, 0.3) is 0 Å². The molecule has 0 spiro atoms. The molecule has 0 amide bonds. The summed E-state index contributed by atoms with van der Waals surface area (Å²) in [5.41, 5.74) is 1.41. The van der Waals surface area contributed by atoms with Gasteiger partial charge in [0.1, 0.15) is 0 Å². The molecular weight excluding hydrogens is 274 g/mol. The smallest absolute Gasteiger partial charge is 0.0408 e. The van der Waals surface area contributed by atoms with Gasteiger partial charge in [0.05, 0.1) is 0 Å². The maximum absolute atomic E-state index is 6.05. The minimum atomic E-state index is 0.487. The van der Waals surface area contributed by atoms with Crippen molar-refractivity contribution in [3.8, 4) is 0 Å². The van der Waals surface area contributed by atoms with Crippen molar-refractivity contribution in [3.63, 3.8) is 0 Å². The largest absolute Gasteiger partial charge is 0.313 e. The maximum atomic E-state index is 6.05. The fraction of sp³-hybridized carbons (Fsp3) is 0.625. The van der Waals surface area contributed by atoms with Crippen LogP contribution in [-0.2, 0) is 0 Å². The van der Waals surface area contributed by atoms with E-state index in [1.165, 1.54) is 43.5 Å². The Balaban J connectivity index is 1.45. The van der Waals surface area contributed by atoms with Crippen LogP contribution in [0.3, 0.4) is 0 Å². The standard InChI is InChI=1S/C16H22ClNS/c1-16(6-3-7-19-16)11-18-15-9-13(10-15)12-4-2-5-14(17)8-12/h2,4-5,8,13,15,18H,3,6-7,9-11H2,1H3. The molecule has 3 rings (SSSR count). The van der Waals surface area contributed by atoms with Crippen LogP contribution in [0.15, 0.2) is 24.3 Å². The number of thioether (sulfide) groups is 1. The highest BCUT2D eigenvalue weighted by molar-refractivity contribution is 8.00. The van der Waals surface area contributed by atoms with Gasteiger partial charge < -0.3 is 5.32 Å². The number of nitrogens with one attached hydrogen (secondary N) is 1. The van der Waals surface area contributed by atoms with Crippen molar-refractivity contribution in [2.24, 2.45) is 0 Å². The minimum absolute atomic E-state index is 0.487. The molecule has 1 heterocycles. The molecule has 0 radical (unpaired) electrons. The summed E-state index contributed by atoms with van der Waals surface area (Å²) in [5.74, 6) is 2.05. The quantitative estimate of drug-likeness (QED) is 0.880. The molecule has 104 valence electrons. The number of hydrogen-bond acceptors (Lipinski definition) is 2. The third kappa shape index (κ3) is 3.29. The zero-order valence-corrected chi connectivity index (χ0v) is 13.1. The first-order valence-corrected chi connectivity index (χ1v) is 8.64. The Bertz CT molecular complexity index is 436. The monoisotopic (exact) mass is 295 g/mol. The van der Waals surface area contributed by atoms with Gasteiger partial charge in [-0.15, -0.1) is 0 Å². The van der Waals surface area contributed by atoms with Gasteiger partial charge in [-0.05, 0) is 62.0 Å². The second kappa shape index (κ2) is 5.67. The number of hydrogen-bond donors (Lipinski definition) is 1. The molecular formula is C16H22ClNS. The Morgan fingerprint density at radius 3 is 2.95 bits per heavy atom. The summed E-state index contributed by atoms with van der Waals surface area (Å²) in [4.78, 5) is 0. The minimum Gasteiger partial charge on any atom is -0.313 e. The molecule has 19 heavy (non-hydrogen) atoms. The van der Waals surface area contributed by atoms with Crippen LogP contribution in [0.4, 0.5) is 0 Å². The van der Waals surface area contributed by atoms with Crippen molar-refractivity contribution in [1.29, 1.82) is 0 Å². The van der Waals surface area contributed by atoms with Crippen LogP contribution in [0.2, 0.25) is 5.02 Å².